The molecule has 0 saturated carbocycles. The summed E-state index contributed by atoms with van der Waals surface area (Å²) >= 11 is 0. The summed E-state index contributed by atoms with van der Waals surface area (Å²) in [5.74, 6) is 1.10. The van der Waals surface area contributed by atoms with Crippen LogP contribution in [0.2, 0.25) is 0 Å². The van der Waals surface area contributed by atoms with Crippen LogP contribution < -0.4 is 9.64 Å². The normalized spacial score (nSPS) is 15.4. The van der Waals surface area contributed by atoms with Gasteiger partial charge in [-0.2, -0.15) is 18.4 Å². The second kappa shape index (κ2) is 7.82. The molecule has 1 fully saturated rings. The summed E-state index contributed by atoms with van der Waals surface area (Å²) in [5.41, 5.74) is 0.448. The third kappa shape index (κ3) is 4.67. The van der Waals surface area contributed by atoms with E-state index in [9.17, 15) is 18.4 Å². The third-order valence-corrected chi connectivity index (χ3v) is 4.56. The zero-order valence-electron chi connectivity index (χ0n) is 14.8. The Bertz CT molecular complexity index is 840. The minimum absolute atomic E-state index is 0.173. The molecule has 0 aromatic carbocycles. The molecule has 0 unspecified atom stereocenters. The van der Waals surface area contributed by atoms with Crippen molar-refractivity contribution in [3.63, 3.8) is 0 Å². The zero-order valence-corrected chi connectivity index (χ0v) is 14.8. The number of ether oxygens (including phenoxy) is 1. The average molecular weight is 376 g/mol. The Morgan fingerprint density at radius 3 is 2.67 bits per heavy atom. The van der Waals surface area contributed by atoms with Crippen LogP contribution in [0, 0.1) is 24.2 Å². The van der Waals surface area contributed by atoms with E-state index in [-0.39, 0.29) is 11.7 Å². The number of nitrogens with zero attached hydrogens (tertiary/aromatic N) is 4. The van der Waals surface area contributed by atoms with E-state index in [1.807, 2.05) is 13.0 Å². The number of halogens is 3. The number of anilines is 1. The molecule has 2 aromatic rings. The summed E-state index contributed by atoms with van der Waals surface area (Å²) in [6.45, 7) is 3.68. The summed E-state index contributed by atoms with van der Waals surface area (Å²) in [5, 5.41) is 9.26. The summed E-state index contributed by atoms with van der Waals surface area (Å²) in [7, 11) is 0. The highest BCUT2D eigenvalue weighted by Crippen LogP contribution is 2.30. The minimum atomic E-state index is -4.48. The maximum Gasteiger partial charge on any atom is 0.433 e. The van der Waals surface area contributed by atoms with Crippen LogP contribution in [0.3, 0.4) is 0 Å². The van der Waals surface area contributed by atoms with Gasteiger partial charge in [-0.05, 0) is 43.9 Å². The predicted molar refractivity (Wildman–Crippen MR) is 93.4 cm³/mol. The lowest BCUT2D eigenvalue weighted by Crippen LogP contribution is -2.36. The topological polar surface area (TPSA) is 62.0 Å². The van der Waals surface area contributed by atoms with Gasteiger partial charge < -0.3 is 9.64 Å². The van der Waals surface area contributed by atoms with Gasteiger partial charge in [0.15, 0.2) is 0 Å². The number of hydrogen-bond acceptors (Lipinski definition) is 5. The minimum Gasteiger partial charge on any atom is -0.493 e. The van der Waals surface area contributed by atoms with E-state index in [0.717, 1.165) is 43.9 Å². The number of pyridine rings is 2. The fourth-order valence-corrected chi connectivity index (χ4v) is 3.05. The van der Waals surface area contributed by atoms with Crippen molar-refractivity contribution in [2.24, 2.45) is 5.92 Å². The van der Waals surface area contributed by atoms with Gasteiger partial charge in [-0.15, -0.1) is 0 Å². The highest BCUT2D eigenvalue weighted by atomic mass is 19.4. The standard InChI is InChI=1S/C19H19F3N4O/c1-13-2-3-15(11-23)18(25-13)26-8-5-14(6-9-26)12-27-16-4-7-24-17(10-16)19(20,21)22/h2-4,7,10,14H,5-6,8-9,12H2,1H3. The molecule has 1 aliphatic rings. The van der Waals surface area contributed by atoms with E-state index < -0.39 is 11.9 Å². The second-order valence-corrected chi connectivity index (χ2v) is 6.55. The Kier molecular flexibility index (Phi) is 5.49. The Labute approximate surface area is 155 Å². The van der Waals surface area contributed by atoms with Crippen LogP contribution in [0.1, 0.15) is 29.8 Å². The molecular weight excluding hydrogens is 357 g/mol. The van der Waals surface area contributed by atoms with Crippen molar-refractivity contribution in [1.29, 1.82) is 5.26 Å². The maximum atomic E-state index is 12.7. The molecule has 2 aromatic heterocycles. The van der Waals surface area contributed by atoms with E-state index in [0.29, 0.717) is 18.0 Å². The van der Waals surface area contributed by atoms with Gasteiger partial charge in [0.05, 0.1) is 12.2 Å². The number of alkyl halides is 3. The van der Waals surface area contributed by atoms with Crippen molar-refractivity contribution in [1.82, 2.24) is 9.97 Å². The lowest BCUT2D eigenvalue weighted by molar-refractivity contribution is -0.141. The van der Waals surface area contributed by atoms with Crippen LogP contribution in [-0.4, -0.2) is 29.7 Å². The number of rotatable bonds is 4. The number of aryl methyl sites for hydroxylation is 1. The van der Waals surface area contributed by atoms with Crippen LogP contribution in [0.15, 0.2) is 30.5 Å². The molecule has 0 N–H and O–H groups in total. The van der Waals surface area contributed by atoms with Gasteiger partial charge in [-0.3, -0.25) is 4.98 Å². The molecule has 27 heavy (non-hydrogen) atoms. The van der Waals surface area contributed by atoms with Crippen LogP contribution in [0.5, 0.6) is 5.75 Å². The highest BCUT2D eigenvalue weighted by Gasteiger charge is 2.32. The first-order chi connectivity index (χ1) is 12.9. The molecule has 1 aliphatic heterocycles. The van der Waals surface area contributed by atoms with Crippen molar-refractivity contribution < 1.29 is 17.9 Å². The summed E-state index contributed by atoms with van der Waals surface area (Å²) in [6, 6.07) is 8.11. The van der Waals surface area contributed by atoms with Crippen LogP contribution in [0.4, 0.5) is 19.0 Å². The van der Waals surface area contributed by atoms with Crippen molar-refractivity contribution >= 4 is 5.82 Å². The van der Waals surface area contributed by atoms with E-state index in [2.05, 4.69) is 20.9 Å². The number of nitriles is 1. The Morgan fingerprint density at radius 2 is 2.00 bits per heavy atom. The molecule has 142 valence electrons. The largest absolute Gasteiger partial charge is 0.493 e. The number of piperidine rings is 1. The van der Waals surface area contributed by atoms with Crippen LogP contribution >= 0.6 is 0 Å². The van der Waals surface area contributed by atoms with Gasteiger partial charge in [0.1, 0.15) is 23.3 Å². The first kappa shape index (κ1) is 19.0. The third-order valence-electron chi connectivity index (χ3n) is 4.56. The lowest BCUT2D eigenvalue weighted by atomic mass is 9.97. The summed E-state index contributed by atoms with van der Waals surface area (Å²) in [4.78, 5) is 9.88. The van der Waals surface area contributed by atoms with Gasteiger partial charge >= 0.3 is 6.18 Å². The molecule has 8 heteroatoms. The Hall–Kier alpha value is -2.82. The first-order valence-electron chi connectivity index (χ1n) is 8.65. The smallest absolute Gasteiger partial charge is 0.433 e. The Balaban J connectivity index is 1.56. The number of aromatic nitrogens is 2. The molecule has 0 aliphatic carbocycles. The highest BCUT2D eigenvalue weighted by molar-refractivity contribution is 5.54. The van der Waals surface area contributed by atoms with Crippen molar-refractivity contribution in [2.75, 3.05) is 24.6 Å². The van der Waals surface area contributed by atoms with Crippen molar-refractivity contribution in [2.45, 2.75) is 25.9 Å². The maximum absolute atomic E-state index is 12.7. The van der Waals surface area contributed by atoms with E-state index in [4.69, 9.17) is 4.74 Å². The number of hydrogen-bond donors (Lipinski definition) is 0. The van der Waals surface area contributed by atoms with Crippen LogP contribution in [-0.2, 0) is 6.18 Å². The molecule has 0 spiro atoms. The molecule has 5 nitrogen and oxygen atoms in total. The fourth-order valence-electron chi connectivity index (χ4n) is 3.05. The van der Waals surface area contributed by atoms with Gasteiger partial charge in [-0.25, -0.2) is 4.98 Å². The predicted octanol–water partition coefficient (Wildman–Crippen LogP) is 3.97. The van der Waals surface area contributed by atoms with Gasteiger partial charge in [0, 0.05) is 31.0 Å². The van der Waals surface area contributed by atoms with Gasteiger partial charge in [-0.1, -0.05) is 0 Å². The lowest BCUT2D eigenvalue weighted by Gasteiger charge is -2.33. The molecule has 3 rings (SSSR count). The van der Waals surface area contributed by atoms with Crippen molar-refractivity contribution in [3.8, 4) is 11.8 Å². The summed E-state index contributed by atoms with van der Waals surface area (Å²) in [6.07, 6.45) is -1.74. The molecule has 0 atom stereocenters. The van der Waals surface area contributed by atoms with Gasteiger partial charge in [0.25, 0.3) is 0 Å². The van der Waals surface area contributed by atoms with E-state index >= 15 is 0 Å². The molecule has 3 heterocycles. The molecule has 0 bridgehead atoms. The quantitative estimate of drug-likeness (QED) is 0.808. The van der Waals surface area contributed by atoms with E-state index in [1.54, 1.807) is 6.07 Å². The first-order valence-corrected chi connectivity index (χ1v) is 8.65. The second-order valence-electron chi connectivity index (χ2n) is 6.55. The van der Waals surface area contributed by atoms with Crippen molar-refractivity contribution in [3.05, 3.63) is 47.4 Å². The van der Waals surface area contributed by atoms with Crippen LogP contribution in [0.25, 0.3) is 0 Å². The average Bonchev–Trinajstić information content (AvgIpc) is 2.66. The summed E-state index contributed by atoms with van der Waals surface area (Å²) < 4.78 is 43.7. The zero-order chi connectivity index (χ0) is 19.4. The van der Waals surface area contributed by atoms with E-state index in [1.165, 1.54) is 6.07 Å². The monoisotopic (exact) mass is 376 g/mol. The van der Waals surface area contributed by atoms with Gasteiger partial charge in [0.2, 0.25) is 0 Å². The SMILES string of the molecule is Cc1ccc(C#N)c(N2CCC(COc3ccnc(C(F)(F)F)c3)CC2)n1. The fraction of sp³-hybridized carbons (Fsp3) is 0.421. The molecule has 0 radical (unpaired) electrons. The molecular formula is C19H19F3N4O. The molecule has 1 saturated heterocycles. The Morgan fingerprint density at radius 1 is 1.26 bits per heavy atom. The molecule has 0 amide bonds.